The minimum Gasteiger partial charge on any atom is -0.466 e. The molecule has 0 fully saturated rings. The van der Waals surface area contributed by atoms with Crippen LogP contribution in [0.5, 0.6) is 0 Å². The maximum Gasteiger partial charge on any atom is 0.305 e. The van der Waals surface area contributed by atoms with Gasteiger partial charge >= 0.3 is 5.97 Å². The number of hydrogen-bond acceptors (Lipinski definition) is 5. The van der Waals surface area contributed by atoms with E-state index in [4.69, 9.17) is 4.74 Å². The Kier molecular flexibility index (Phi) is 71.9. The number of ether oxygens (including phenoxy) is 1. The van der Waals surface area contributed by atoms with Crippen molar-refractivity contribution in [3.8, 4) is 0 Å². The summed E-state index contributed by atoms with van der Waals surface area (Å²) in [6.45, 7) is 4.91. The van der Waals surface area contributed by atoms with Crippen molar-refractivity contribution in [2.45, 2.75) is 418 Å². The van der Waals surface area contributed by atoms with Gasteiger partial charge in [0.1, 0.15) is 0 Å². The zero-order valence-corrected chi connectivity index (χ0v) is 57.1. The fourth-order valence-electron chi connectivity index (χ4n) is 11.7. The molecule has 0 aromatic rings. The second-order valence-electron chi connectivity index (χ2n) is 26.0. The lowest BCUT2D eigenvalue weighted by atomic mass is 10.0. The van der Waals surface area contributed by atoms with E-state index in [1.807, 2.05) is 6.08 Å². The second-order valence-corrected chi connectivity index (χ2v) is 26.0. The average molecular weight is 1190 g/mol. The molecule has 0 radical (unpaired) electrons. The molecule has 6 heteroatoms. The molecule has 0 aromatic carbocycles. The summed E-state index contributed by atoms with van der Waals surface area (Å²) in [7, 11) is 0. The van der Waals surface area contributed by atoms with Gasteiger partial charge in [-0.3, -0.25) is 9.59 Å². The number of carbonyl (C=O) groups is 2. The fourth-order valence-corrected chi connectivity index (χ4v) is 11.7. The number of aliphatic hydroxyl groups excluding tert-OH is 2. The van der Waals surface area contributed by atoms with Crippen molar-refractivity contribution in [1.29, 1.82) is 0 Å². The number of hydrogen-bond donors (Lipinski definition) is 3. The molecule has 85 heavy (non-hydrogen) atoms. The fraction of sp³-hybridized carbons (Fsp3) is 0.848. The summed E-state index contributed by atoms with van der Waals surface area (Å²) >= 11 is 0. The van der Waals surface area contributed by atoms with Gasteiger partial charge in [0.25, 0.3) is 0 Å². The topological polar surface area (TPSA) is 95.9 Å². The second kappa shape index (κ2) is 74.0. The normalized spacial score (nSPS) is 12.8. The molecule has 0 aliphatic rings. The molecule has 0 saturated heterocycles. The molecule has 0 bridgehead atoms. The van der Waals surface area contributed by atoms with Crippen molar-refractivity contribution in [3.05, 3.63) is 60.8 Å². The van der Waals surface area contributed by atoms with Crippen LogP contribution in [0.1, 0.15) is 406 Å². The standard InChI is InChI=1S/C79H147NO5/c1-3-5-7-9-11-13-15-17-19-21-22-23-33-36-40-43-47-51-55-59-63-67-71-77(82)76(75-81)80-78(83)72-68-64-60-56-52-48-44-41-37-34-31-29-27-25-24-26-28-30-32-35-38-42-46-50-54-58-62-66-70-74-85-79(84)73-69-65-61-57-53-49-45-39-20-18-16-14-12-10-8-6-4-2/h12,14,18,20,24,26,30,32,67,71,76-77,81-82H,3-11,13,15-17,19,21-23,25,27-29,31,33-66,68-70,72-75H2,1-2H3,(H,80,83)/b14-12-,20-18-,26-24-,32-30-,71-67+. The molecule has 0 spiro atoms. The van der Waals surface area contributed by atoms with Crippen molar-refractivity contribution in [1.82, 2.24) is 5.32 Å². The lowest BCUT2D eigenvalue weighted by Gasteiger charge is -2.20. The summed E-state index contributed by atoms with van der Waals surface area (Å²) in [5, 5.41) is 23.3. The highest BCUT2D eigenvalue weighted by Crippen LogP contribution is 2.18. The van der Waals surface area contributed by atoms with Gasteiger partial charge in [0.2, 0.25) is 5.91 Å². The highest BCUT2D eigenvalue weighted by molar-refractivity contribution is 5.76. The number of carbonyl (C=O) groups excluding carboxylic acids is 2. The van der Waals surface area contributed by atoms with Crippen molar-refractivity contribution in [2.75, 3.05) is 13.2 Å². The van der Waals surface area contributed by atoms with Gasteiger partial charge in [0, 0.05) is 12.8 Å². The highest BCUT2D eigenvalue weighted by Gasteiger charge is 2.18. The molecule has 0 aliphatic heterocycles. The predicted octanol–water partition coefficient (Wildman–Crippen LogP) is 25.0. The zero-order valence-electron chi connectivity index (χ0n) is 57.1. The van der Waals surface area contributed by atoms with Crippen LogP contribution < -0.4 is 5.32 Å². The highest BCUT2D eigenvalue weighted by atomic mass is 16.5. The number of allylic oxidation sites excluding steroid dienone is 9. The largest absolute Gasteiger partial charge is 0.466 e. The molecular weight excluding hydrogens is 1040 g/mol. The zero-order chi connectivity index (χ0) is 61.3. The van der Waals surface area contributed by atoms with E-state index >= 15 is 0 Å². The van der Waals surface area contributed by atoms with E-state index in [0.29, 0.717) is 19.4 Å². The molecule has 0 aromatic heterocycles. The Morgan fingerprint density at radius 2 is 0.588 bits per heavy atom. The maximum atomic E-state index is 12.5. The van der Waals surface area contributed by atoms with Gasteiger partial charge in [0.05, 0.1) is 25.4 Å². The van der Waals surface area contributed by atoms with E-state index in [9.17, 15) is 19.8 Å². The SMILES string of the molecule is CCCCC/C=C\C/C=C\CCCCCCCCCC(=O)OCCCCCCCCCCC/C=C\C/C=C\CCCCCCCCCCCCCCCC(=O)NC(CO)C(O)/C=C/CCCCCCCCCCCCCCCCCCCCCC. The van der Waals surface area contributed by atoms with Crippen LogP contribution in [0.2, 0.25) is 0 Å². The van der Waals surface area contributed by atoms with Crippen LogP contribution in [0, 0.1) is 0 Å². The number of nitrogens with one attached hydrogen (secondary N) is 1. The number of esters is 1. The first-order valence-corrected chi connectivity index (χ1v) is 38.1. The summed E-state index contributed by atoms with van der Waals surface area (Å²) in [6, 6.07) is -0.631. The van der Waals surface area contributed by atoms with Gasteiger partial charge in [-0.25, -0.2) is 0 Å². The van der Waals surface area contributed by atoms with Crippen LogP contribution in [0.3, 0.4) is 0 Å². The smallest absolute Gasteiger partial charge is 0.305 e. The Balaban J connectivity index is 3.43. The van der Waals surface area contributed by atoms with Gasteiger partial charge in [-0.1, -0.05) is 357 Å². The van der Waals surface area contributed by atoms with Gasteiger partial charge in [-0.05, 0) is 96.3 Å². The van der Waals surface area contributed by atoms with Crippen LogP contribution in [0.4, 0.5) is 0 Å². The Bertz CT molecular complexity index is 1470. The van der Waals surface area contributed by atoms with Crippen LogP contribution in [-0.4, -0.2) is 47.4 Å². The predicted molar refractivity (Wildman–Crippen MR) is 375 cm³/mol. The average Bonchev–Trinajstić information content (AvgIpc) is 3.51. The minimum atomic E-state index is -0.848. The molecule has 2 atom stereocenters. The monoisotopic (exact) mass is 1190 g/mol. The van der Waals surface area contributed by atoms with Gasteiger partial charge in [-0.15, -0.1) is 0 Å². The van der Waals surface area contributed by atoms with Crippen LogP contribution in [0.25, 0.3) is 0 Å². The molecule has 0 rings (SSSR count). The minimum absolute atomic E-state index is 0.00405. The quantitative estimate of drug-likeness (QED) is 0.0320. The molecule has 3 N–H and O–H groups in total. The third-order valence-corrected chi connectivity index (χ3v) is 17.5. The van der Waals surface area contributed by atoms with Gasteiger partial charge in [-0.2, -0.15) is 0 Å². The van der Waals surface area contributed by atoms with E-state index in [-0.39, 0.29) is 18.5 Å². The van der Waals surface area contributed by atoms with Crippen molar-refractivity contribution in [2.24, 2.45) is 0 Å². The Labute approximate surface area is 530 Å². The van der Waals surface area contributed by atoms with Crippen LogP contribution in [0.15, 0.2) is 60.8 Å². The number of aliphatic hydroxyl groups is 2. The molecule has 2 unspecified atom stereocenters. The van der Waals surface area contributed by atoms with E-state index in [0.717, 1.165) is 57.8 Å². The Hall–Kier alpha value is -2.44. The van der Waals surface area contributed by atoms with Crippen LogP contribution in [-0.2, 0) is 14.3 Å². The summed E-state index contributed by atoms with van der Waals surface area (Å²) in [6.07, 6.45) is 98.9. The van der Waals surface area contributed by atoms with E-state index in [1.54, 1.807) is 6.08 Å². The molecule has 0 heterocycles. The number of unbranched alkanes of at least 4 members (excludes halogenated alkanes) is 52. The first-order chi connectivity index (χ1) is 42.0. The van der Waals surface area contributed by atoms with Crippen LogP contribution >= 0.6 is 0 Å². The summed E-state index contributed by atoms with van der Waals surface area (Å²) in [5.74, 6) is -0.0616. The summed E-state index contributed by atoms with van der Waals surface area (Å²) in [4.78, 5) is 24.6. The van der Waals surface area contributed by atoms with E-state index in [1.165, 1.54) is 321 Å². The maximum absolute atomic E-state index is 12.5. The van der Waals surface area contributed by atoms with Gasteiger partial charge in [0.15, 0.2) is 0 Å². The molecular formula is C79H147NO5. The Morgan fingerprint density at radius 1 is 0.329 bits per heavy atom. The third-order valence-electron chi connectivity index (χ3n) is 17.5. The lowest BCUT2D eigenvalue weighted by Crippen LogP contribution is -2.45. The molecule has 498 valence electrons. The molecule has 0 aliphatic carbocycles. The summed E-state index contributed by atoms with van der Waals surface area (Å²) < 4.78 is 5.50. The molecule has 6 nitrogen and oxygen atoms in total. The summed E-state index contributed by atoms with van der Waals surface area (Å²) in [5.41, 5.74) is 0. The Morgan fingerprint density at radius 3 is 0.918 bits per heavy atom. The van der Waals surface area contributed by atoms with Gasteiger partial charge < -0.3 is 20.3 Å². The van der Waals surface area contributed by atoms with Crippen molar-refractivity contribution < 1.29 is 24.5 Å². The van der Waals surface area contributed by atoms with E-state index < -0.39 is 12.1 Å². The third kappa shape index (κ3) is 70.5. The first-order valence-electron chi connectivity index (χ1n) is 38.1. The van der Waals surface area contributed by atoms with Crippen molar-refractivity contribution >= 4 is 11.9 Å². The van der Waals surface area contributed by atoms with E-state index in [2.05, 4.69) is 67.8 Å². The molecule has 0 saturated carbocycles. The lowest BCUT2D eigenvalue weighted by molar-refractivity contribution is -0.143. The molecule has 1 amide bonds. The first kappa shape index (κ1) is 82.6. The number of amides is 1. The number of rotatable bonds is 71. The van der Waals surface area contributed by atoms with Crippen molar-refractivity contribution in [3.63, 3.8) is 0 Å².